The largest absolute Gasteiger partial charge is 0.352 e. The Balaban J connectivity index is 2.02. The average molecular weight is 361 g/mol. The predicted octanol–water partition coefficient (Wildman–Crippen LogP) is 2.02. The molecular weight excluding hydrogens is 344 g/mol. The van der Waals surface area contributed by atoms with E-state index in [1.54, 1.807) is 6.07 Å². The quantitative estimate of drug-likeness (QED) is 0.841. The van der Waals surface area contributed by atoms with Crippen molar-refractivity contribution < 1.29 is 13.2 Å². The highest BCUT2D eigenvalue weighted by Gasteiger charge is 2.18. The molecule has 1 aromatic rings. The van der Waals surface area contributed by atoms with Crippen LogP contribution in [0.2, 0.25) is 0 Å². The zero-order valence-corrected chi connectivity index (χ0v) is 13.3. The molecular formula is C13H17BrN2O3S. The number of carbonyl (C=O) groups excluding carboxylic acids is 1. The highest BCUT2D eigenvalue weighted by atomic mass is 79.9. The Kier molecular flexibility index (Phi) is 4.82. The lowest BCUT2D eigenvalue weighted by Crippen LogP contribution is -2.27. The van der Waals surface area contributed by atoms with Crippen molar-refractivity contribution in [3.05, 3.63) is 28.2 Å². The summed E-state index contributed by atoms with van der Waals surface area (Å²) in [5.41, 5.74) is 0.297. The molecule has 2 rings (SSSR count). The van der Waals surface area contributed by atoms with Gasteiger partial charge in [0.15, 0.2) is 0 Å². The van der Waals surface area contributed by atoms with Gasteiger partial charge in [0.05, 0.1) is 4.90 Å². The van der Waals surface area contributed by atoms with Gasteiger partial charge in [-0.2, -0.15) is 0 Å². The zero-order chi connectivity index (χ0) is 14.8. The van der Waals surface area contributed by atoms with Gasteiger partial charge >= 0.3 is 0 Å². The predicted molar refractivity (Wildman–Crippen MR) is 79.8 cm³/mol. The Morgan fingerprint density at radius 2 is 2.10 bits per heavy atom. The molecule has 0 bridgehead atoms. The molecule has 110 valence electrons. The van der Waals surface area contributed by atoms with E-state index < -0.39 is 10.0 Å². The van der Waals surface area contributed by atoms with Crippen LogP contribution in [0.25, 0.3) is 0 Å². The molecule has 3 N–H and O–H groups in total. The zero-order valence-electron chi connectivity index (χ0n) is 10.9. The number of hydrogen-bond acceptors (Lipinski definition) is 3. The molecule has 1 aliphatic rings. The Labute approximate surface area is 127 Å². The van der Waals surface area contributed by atoms with E-state index in [0.717, 1.165) is 12.3 Å². The molecule has 0 radical (unpaired) electrons. The number of sulfonamides is 1. The van der Waals surface area contributed by atoms with Gasteiger partial charge in [-0.25, -0.2) is 13.6 Å². The molecule has 0 heterocycles. The van der Waals surface area contributed by atoms with Crippen molar-refractivity contribution in [1.29, 1.82) is 0 Å². The monoisotopic (exact) mass is 360 g/mol. The van der Waals surface area contributed by atoms with Crippen molar-refractivity contribution in [2.24, 2.45) is 11.1 Å². The summed E-state index contributed by atoms with van der Waals surface area (Å²) in [5.74, 6) is 0.446. The molecule has 1 aliphatic carbocycles. The fourth-order valence-corrected chi connectivity index (χ4v) is 3.69. The number of amides is 1. The van der Waals surface area contributed by atoms with Crippen LogP contribution in [0.1, 0.15) is 36.0 Å². The van der Waals surface area contributed by atoms with E-state index in [4.69, 9.17) is 5.14 Å². The molecule has 1 amide bonds. The lowest BCUT2D eigenvalue weighted by molar-refractivity contribution is 0.0948. The minimum atomic E-state index is -3.85. The smallest absolute Gasteiger partial charge is 0.251 e. The maximum Gasteiger partial charge on any atom is 0.251 e. The topological polar surface area (TPSA) is 89.3 Å². The molecule has 0 aliphatic heterocycles. The number of primary sulfonamides is 1. The molecule has 0 aromatic heterocycles. The molecule has 1 aromatic carbocycles. The second-order valence-corrected chi connectivity index (χ2v) is 7.42. The van der Waals surface area contributed by atoms with Gasteiger partial charge in [0.1, 0.15) is 0 Å². The summed E-state index contributed by atoms with van der Waals surface area (Å²) in [6.07, 6.45) is 4.74. The Morgan fingerprint density at radius 3 is 2.65 bits per heavy atom. The van der Waals surface area contributed by atoms with E-state index in [1.807, 2.05) is 0 Å². The number of nitrogens with two attached hydrogens (primary N) is 1. The van der Waals surface area contributed by atoms with Gasteiger partial charge in [-0.1, -0.05) is 19.3 Å². The molecule has 0 atom stereocenters. The Bertz CT molecular complexity index is 612. The Hall–Kier alpha value is -0.920. The van der Waals surface area contributed by atoms with E-state index in [1.165, 1.54) is 31.4 Å². The van der Waals surface area contributed by atoms with E-state index in [-0.39, 0.29) is 10.8 Å². The highest BCUT2D eigenvalue weighted by molar-refractivity contribution is 9.10. The van der Waals surface area contributed by atoms with Crippen molar-refractivity contribution in [2.45, 2.75) is 30.6 Å². The number of halogens is 1. The van der Waals surface area contributed by atoms with Gasteiger partial charge in [0.25, 0.3) is 5.91 Å². The lowest BCUT2D eigenvalue weighted by Gasteiger charge is -2.25. The minimum Gasteiger partial charge on any atom is -0.352 e. The number of benzene rings is 1. The van der Waals surface area contributed by atoms with Crippen molar-refractivity contribution in [2.75, 3.05) is 6.54 Å². The maximum atomic E-state index is 12.0. The van der Waals surface area contributed by atoms with E-state index >= 15 is 0 Å². The van der Waals surface area contributed by atoms with Crippen LogP contribution in [0.4, 0.5) is 0 Å². The first kappa shape index (κ1) is 15.5. The number of rotatable bonds is 5. The molecule has 0 saturated heterocycles. The summed E-state index contributed by atoms with van der Waals surface area (Å²) >= 11 is 3.11. The normalized spacial score (nSPS) is 15.7. The third kappa shape index (κ3) is 3.80. The molecule has 20 heavy (non-hydrogen) atoms. The summed E-state index contributed by atoms with van der Waals surface area (Å²) in [7, 11) is -3.85. The second-order valence-electron chi connectivity index (χ2n) is 5.03. The van der Waals surface area contributed by atoms with Gasteiger partial charge in [-0.05, 0) is 46.5 Å². The van der Waals surface area contributed by atoms with Gasteiger partial charge in [-0.3, -0.25) is 4.79 Å². The lowest BCUT2D eigenvalue weighted by atomic mass is 9.83. The SMILES string of the molecule is NS(=O)(=O)c1cc(C(=O)NCCC2CCC2)ccc1Br. The summed E-state index contributed by atoms with van der Waals surface area (Å²) in [4.78, 5) is 11.9. The van der Waals surface area contributed by atoms with Crippen molar-refractivity contribution in [3.8, 4) is 0 Å². The average Bonchev–Trinajstić information content (AvgIpc) is 2.31. The van der Waals surface area contributed by atoms with Gasteiger partial charge < -0.3 is 5.32 Å². The summed E-state index contributed by atoms with van der Waals surface area (Å²) in [5, 5.41) is 7.91. The first-order valence-corrected chi connectivity index (χ1v) is 8.82. The van der Waals surface area contributed by atoms with Crippen LogP contribution in [0.5, 0.6) is 0 Å². The first-order chi connectivity index (χ1) is 9.38. The number of nitrogens with one attached hydrogen (secondary N) is 1. The van der Waals surface area contributed by atoms with Crippen molar-refractivity contribution >= 4 is 31.9 Å². The molecule has 0 spiro atoms. The maximum absolute atomic E-state index is 12.0. The third-order valence-corrected chi connectivity index (χ3v) is 5.47. The van der Waals surface area contributed by atoms with Gasteiger partial charge in [-0.15, -0.1) is 0 Å². The molecule has 1 fully saturated rings. The van der Waals surface area contributed by atoms with Crippen LogP contribution in [-0.2, 0) is 10.0 Å². The van der Waals surface area contributed by atoms with Crippen molar-refractivity contribution in [1.82, 2.24) is 5.32 Å². The van der Waals surface area contributed by atoms with E-state index in [0.29, 0.717) is 16.6 Å². The van der Waals surface area contributed by atoms with Crippen LogP contribution in [-0.4, -0.2) is 20.9 Å². The molecule has 7 heteroatoms. The number of hydrogen-bond donors (Lipinski definition) is 2. The van der Waals surface area contributed by atoms with Crippen LogP contribution >= 0.6 is 15.9 Å². The first-order valence-electron chi connectivity index (χ1n) is 6.48. The van der Waals surface area contributed by atoms with E-state index in [2.05, 4.69) is 21.2 Å². The molecule has 1 saturated carbocycles. The summed E-state index contributed by atoms with van der Waals surface area (Å²) < 4.78 is 23.1. The van der Waals surface area contributed by atoms with Crippen molar-refractivity contribution in [3.63, 3.8) is 0 Å². The number of carbonyl (C=O) groups is 1. The van der Waals surface area contributed by atoms with Crippen LogP contribution in [0.3, 0.4) is 0 Å². The summed E-state index contributed by atoms with van der Waals surface area (Å²) in [6.45, 7) is 0.615. The van der Waals surface area contributed by atoms with Gasteiger partial charge in [0.2, 0.25) is 10.0 Å². The second kappa shape index (κ2) is 6.24. The van der Waals surface area contributed by atoms with E-state index in [9.17, 15) is 13.2 Å². The standard InChI is InChI=1S/C13H17BrN2O3S/c14-11-5-4-10(8-12(11)20(15,18)19)13(17)16-7-6-9-2-1-3-9/h4-5,8-9H,1-3,6-7H2,(H,16,17)(H2,15,18,19). The minimum absolute atomic E-state index is 0.0795. The summed E-state index contributed by atoms with van der Waals surface area (Å²) in [6, 6.07) is 4.37. The van der Waals surface area contributed by atoms with Crippen LogP contribution in [0.15, 0.2) is 27.6 Å². The van der Waals surface area contributed by atoms with Crippen LogP contribution in [0, 0.1) is 5.92 Å². The molecule has 0 unspecified atom stereocenters. The van der Waals surface area contributed by atoms with Crippen LogP contribution < -0.4 is 10.5 Å². The third-order valence-electron chi connectivity index (χ3n) is 3.56. The Morgan fingerprint density at radius 1 is 1.40 bits per heavy atom. The highest BCUT2D eigenvalue weighted by Crippen LogP contribution is 2.28. The molecule has 5 nitrogen and oxygen atoms in total. The van der Waals surface area contributed by atoms with Gasteiger partial charge in [0, 0.05) is 16.6 Å². The fraction of sp³-hybridized carbons (Fsp3) is 0.462. The fourth-order valence-electron chi connectivity index (χ4n) is 2.14.